The normalized spacial score (nSPS) is 12.2. The highest BCUT2D eigenvalue weighted by atomic mass is 79.9. The predicted molar refractivity (Wildman–Crippen MR) is 78.8 cm³/mol. The van der Waals surface area contributed by atoms with Crippen molar-refractivity contribution in [3.63, 3.8) is 0 Å². The average molecular weight is 342 g/mol. The van der Waals surface area contributed by atoms with E-state index < -0.39 is 12.0 Å². The van der Waals surface area contributed by atoms with E-state index in [0.717, 1.165) is 15.7 Å². The van der Waals surface area contributed by atoms with Crippen LogP contribution < -0.4 is 11.1 Å². The quantitative estimate of drug-likeness (QED) is 0.795. The van der Waals surface area contributed by atoms with Gasteiger partial charge in [0.1, 0.15) is 6.04 Å². The number of nitrogens with one attached hydrogen (secondary N) is 1. The van der Waals surface area contributed by atoms with Gasteiger partial charge in [-0.3, -0.25) is 4.79 Å². The fourth-order valence-corrected chi connectivity index (χ4v) is 2.59. The first kappa shape index (κ1) is 14.0. The van der Waals surface area contributed by atoms with Gasteiger partial charge in [0.25, 0.3) is 0 Å². The molecule has 2 aromatic rings. The van der Waals surface area contributed by atoms with Crippen molar-refractivity contribution < 1.29 is 9.90 Å². The van der Waals surface area contributed by atoms with Crippen LogP contribution in [0, 0.1) is 6.92 Å². The Kier molecular flexibility index (Phi) is 4.18. The first-order valence-electron chi connectivity index (χ1n) is 5.45. The lowest BCUT2D eigenvalue weighted by Gasteiger charge is -2.07. The maximum atomic E-state index is 10.8. The van der Waals surface area contributed by atoms with Crippen molar-refractivity contribution in [2.45, 2.75) is 13.0 Å². The molecule has 0 amide bonds. The Morgan fingerprint density at radius 1 is 1.58 bits per heavy atom. The topological polar surface area (TPSA) is 88.2 Å². The molecular formula is C12H12BrN3O2S. The SMILES string of the molecule is Cc1cccc(Nc2nc(C(N)C(=O)O)cs2)c1Br. The van der Waals surface area contributed by atoms with Gasteiger partial charge in [0.15, 0.2) is 5.13 Å². The van der Waals surface area contributed by atoms with Crippen molar-refractivity contribution in [2.75, 3.05) is 5.32 Å². The molecule has 0 aliphatic carbocycles. The number of carboxylic acids is 1. The minimum atomic E-state index is -1.09. The molecule has 1 unspecified atom stereocenters. The van der Waals surface area contributed by atoms with Gasteiger partial charge in [0.05, 0.1) is 11.4 Å². The molecule has 0 spiro atoms. The summed E-state index contributed by atoms with van der Waals surface area (Å²) in [4.78, 5) is 15.0. The van der Waals surface area contributed by atoms with Crippen LogP contribution in [0.2, 0.25) is 0 Å². The minimum Gasteiger partial charge on any atom is -0.480 e. The summed E-state index contributed by atoms with van der Waals surface area (Å²) in [7, 11) is 0. The third-order valence-corrected chi connectivity index (χ3v) is 4.37. The largest absolute Gasteiger partial charge is 0.480 e. The van der Waals surface area contributed by atoms with Crippen LogP contribution in [-0.2, 0) is 4.79 Å². The highest BCUT2D eigenvalue weighted by molar-refractivity contribution is 9.10. The van der Waals surface area contributed by atoms with E-state index >= 15 is 0 Å². The molecule has 0 radical (unpaired) electrons. The smallest absolute Gasteiger partial charge is 0.326 e. The Balaban J connectivity index is 2.20. The lowest BCUT2D eigenvalue weighted by molar-refractivity contribution is -0.138. The van der Waals surface area contributed by atoms with E-state index in [2.05, 4.69) is 26.2 Å². The second kappa shape index (κ2) is 5.68. The van der Waals surface area contributed by atoms with Gasteiger partial charge in [0, 0.05) is 9.85 Å². The molecule has 19 heavy (non-hydrogen) atoms. The van der Waals surface area contributed by atoms with E-state index in [4.69, 9.17) is 10.8 Å². The van der Waals surface area contributed by atoms with E-state index in [1.807, 2.05) is 25.1 Å². The van der Waals surface area contributed by atoms with Gasteiger partial charge in [-0.15, -0.1) is 11.3 Å². The Labute approximate surface area is 122 Å². The molecule has 1 aromatic carbocycles. The number of aryl methyl sites for hydroxylation is 1. The second-order valence-electron chi connectivity index (χ2n) is 3.95. The van der Waals surface area contributed by atoms with E-state index in [1.165, 1.54) is 11.3 Å². The highest BCUT2D eigenvalue weighted by Crippen LogP contribution is 2.30. The molecule has 1 heterocycles. The summed E-state index contributed by atoms with van der Waals surface area (Å²) in [6.45, 7) is 1.99. The number of carboxylic acid groups (broad SMARTS) is 1. The third-order valence-electron chi connectivity index (χ3n) is 2.54. The zero-order chi connectivity index (χ0) is 14.0. The fraction of sp³-hybridized carbons (Fsp3) is 0.167. The first-order chi connectivity index (χ1) is 8.99. The van der Waals surface area contributed by atoms with E-state index in [9.17, 15) is 4.79 Å². The molecule has 1 aromatic heterocycles. The highest BCUT2D eigenvalue weighted by Gasteiger charge is 2.17. The van der Waals surface area contributed by atoms with Crippen LogP contribution in [0.4, 0.5) is 10.8 Å². The van der Waals surface area contributed by atoms with Crippen LogP contribution in [0.1, 0.15) is 17.3 Å². The first-order valence-corrected chi connectivity index (χ1v) is 7.12. The molecule has 0 saturated heterocycles. The zero-order valence-electron chi connectivity index (χ0n) is 10.1. The summed E-state index contributed by atoms with van der Waals surface area (Å²) in [6, 6.07) is 4.74. The summed E-state index contributed by atoms with van der Waals surface area (Å²) in [6.07, 6.45) is 0. The van der Waals surface area contributed by atoms with Gasteiger partial charge < -0.3 is 16.2 Å². The molecule has 0 bridgehead atoms. The maximum absolute atomic E-state index is 10.8. The molecule has 0 saturated carbocycles. The predicted octanol–water partition coefficient (Wildman–Crippen LogP) is 3.04. The van der Waals surface area contributed by atoms with Gasteiger partial charge in [-0.25, -0.2) is 4.98 Å². The number of nitrogens with zero attached hydrogens (tertiary/aromatic N) is 1. The number of carbonyl (C=O) groups is 1. The fourth-order valence-electron chi connectivity index (χ4n) is 1.47. The van der Waals surface area contributed by atoms with Crippen LogP contribution in [0.25, 0.3) is 0 Å². The van der Waals surface area contributed by atoms with E-state index in [-0.39, 0.29) is 0 Å². The van der Waals surface area contributed by atoms with Crippen LogP contribution in [0.15, 0.2) is 28.1 Å². The van der Waals surface area contributed by atoms with Gasteiger partial charge in [-0.05, 0) is 34.5 Å². The van der Waals surface area contributed by atoms with Crippen molar-refractivity contribution in [1.82, 2.24) is 4.98 Å². The summed E-state index contributed by atoms with van der Waals surface area (Å²) in [5.41, 5.74) is 7.84. The van der Waals surface area contributed by atoms with Crippen LogP contribution in [0.3, 0.4) is 0 Å². The third kappa shape index (κ3) is 3.12. The number of halogens is 1. The molecule has 4 N–H and O–H groups in total. The monoisotopic (exact) mass is 341 g/mol. The maximum Gasteiger partial charge on any atom is 0.326 e. The van der Waals surface area contributed by atoms with Crippen LogP contribution >= 0.6 is 27.3 Å². The van der Waals surface area contributed by atoms with Crippen molar-refractivity contribution in [3.8, 4) is 0 Å². The number of aliphatic carboxylic acids is 1. The average Bonchev–Trinajstić information content (AvgIpc) is 2.82. The molecule has 0 aliphatic heterocycles. The molecule has 0 fully saturated rings. The van der Waals surface area contributed by atoms with Crippen LogP contribution in [-0.4, -0.2) is 16.1 Å². The number of nitrogens with two attached hydrogens (primary N) is 1. The zero-order valence-corrected chi connectivity index (χ0v) is 12.5. The number of benzene rings is 1. The molecule has 100 valence electrons. The summed E-state index contributed by atoms with van der Waals surface area (Å²) in [5.74, 6) is -1.09. The number of aromatic nitrogens is 1. The van der Waals surface area contributed by atoms with Crippen molar-refractivity contribution in [3.05, 3.63) is 39.3 Å². The molecule has 0 aliphatic rings. The molecule has 2 rings (SSSR count). The summed E-state index contributed by atoms with van der Waals surface area (Å²) >= 11 is 4.81. The van der Waals surface area contributed by atoms with Gasteiger partial charge in [-0.1, -0.05) is 12.1 Å². The number of hydrogen-bond donors (Lipinski definition) is 3. The van der Waals surface area contributed by atoms with Gasteiger partial charge in [0.2, 0.25) is 0 Å². The summed E-state index contributed by atoms with van der Waals surface area (Å²) < 4.78 is 0.953. The number of thiazole rings is 1. The summed E-state index contributed by atoms with van der Waals surface area (Å²) in [5, 5.41) is 14.2. The standard InChI is InChI=1S/C12H12BrN3O2S/c1-6-3-2-4-7(9(6)13)15-12-16-8(5-19-12)10(14)11(17)18/h2-5,10H,14H2,1H3,(H,15,16)(H,17,18). The van der Waals surface area contributed by atoms with Crippen molar-refractivity contribution in [2.24, 2.45) is 5.73 Å². The Hall–Kier alpha value is -1.44. The molecule has 1 atom stereocenters. The lowest BCUT2D eigenvalue weighted by atomic mass is 10.2. The second-order valence-corrected chi connectivity index (χ2v) is 5.61. The molecular weight excluding hydrogens is 330 g/mol. The molecule has 5 nitrogen and oxygen atoms in total. The Bertz CT molecular complexity index is 615. The number of hydrogen-bond acceptors (Lipinski definition) is 5. The number of anilines is 2. The van der Waals surface area contributed by atoms with Crippen molar-refractivity contribution in [1.29, 1.82) is 0 Å². The van der Waals surface area contributed by atoms with E-state index in [1.54, 1.807) is 5.38 Å². The lowest BCUT2D eigenvalue weighted by Crippen LogP contribution is -2.20. The molecule has 7 heteroatoms. The van der Waals surface area contributed by atoms with Gasteiger partial charge in [-0.2, -0.15) is 0 Å². The number of rotatable bonds is 4. The minimum absolute atomic E-state index is 0.351. The van der Waals surface area contributed by atoms with Crippen molar-refractivity contribution >= 4 is 44.1 Å². The van der Waals surface area contributed by atoms with Crippen LogP contribution in [0.5, 0.6) is 0 Å². The Morgan fingerprint density at radius 3 is 3.00 bits per heavy atom. The van der Waals surface area contributed by atoms with E-state index in [0.29, 0.717) is 10.8 Å². The van der Waals surface area contributed by atoms with Gasteiger partial charge >= 0.3 is 5.97 Å². The Morgan fingerprint density at radius 2 is 2.32 bits per heavy atom.